The molecule has 2 aromatic carbocycles. The number of hydrogen-bond donors (Lipinski definition) is 0. The molecule has 0 N–H and O–H groups in total. The molecule has 0 fully saturated rings. The maximum Gasteiger partial charge on any atom is 0.343 e. The van der Waals surface area contributed by atoms with Gasteiger partial charge in [0.15, 0.2) is 0 Å². The van der Waals surface area contributed by atoms with Crippen molar-refractivity contribution >= 4 is 11.9 Å². The zero-order valence-electron chi connectivity index (χ0n) is 16.7. The summed E-state index contributed by atoms with van der Waals surface area (Å²) in [6.45, 7) is 8.63. The number of carbonyl (C=O) groups is 2. The van der Waals surface area contributed by atoms with Crippen LogP contribution in [0.4, 0.5) is 0 Å². The fourth-order valence-corrected chi connectivity index (χ4v) is 3.58. The van der Waals surface area contributed by atoms with Gasteiger partial charge in [0.2, 0.25) is 0 Å². The van der Waals surface area contributed by atoms with E-state index in [9.17, 15) is 9.59 Å². The average molecular weight is 381 g/mol. The smallest absolute Gasteiger partial charge is 0.343 e. The number of esters is 2. The maximum absolute atomic E-state index is 12.5. The molecule has 1 aliphatic heterocycles. The van der Waals surface area contributed by atoms with E-state index in [1.54, 1.807) is 24.3 Å². The van der Waals surface area contributed by atoms with Crippen molar-refractivity contribution in [3.8, 4) is 11.5 Å². The molecule has 5 nitrogen and oxygen atoms in total. The summed E-state index contributed by atoms with van der Waals surface area (Å²) in [7, 11) is 0. The first-order valence-corrected chi connectivity index (χ1v) is 9.89. The number of ether oxygens (including phenoxy) is 2. The first-order chi connectivity index (χ1) is 13.5. The van der Waals surface area contributed by atoms with Crippen LogP contribution in [0.2, 0.25) is 0 Å². The molecular weight excluding hydrogens is 354 g/mol. The average Bonchev–Trinajstić information content (AvgIpc) is 2.97. The normalized spacial score (nSPS) is 15.4. The SMILES string of the molecule is CCCN(CCC)CC1C(=O)Oc2ccc(OC(=O)c3ccccc3C)cc21. The highest BCUT2D eigenvalue weighted by Gasteiger charge is 2.35. The van der Waals surface area contributed by atoms with E-state index in [4.69, 9.17) is 9.47 Å². The summed E-state index contributed by atoms with van der Waals surface area (Å²) >= 11 is 0. The number of fused-ring (bicyclic) bond motifs is 1. The highest BCUT2D eigenvalue weighted by molar-refractivity contribution is 5.93. The van der Waals surface area contributed by atoms with Crippen molar-refractivity contribution in [2.75, 3.05) is 19.6 Å². The van der Waals surface area contributed by atoms with Crippen LogP contribution in [0.5, 0.6) is 11.5 Å². The van der Waals surface area contributed by atoms with E-state index in [-0.39, 0.29) is 11.9 Å². The number of hydrogen-bond acceptors (Lipinski definition) is 5. The zero-order chi connectivity index (χ0) is 20.1. The van der Waals surface area contributed by atoms with Crippen molar-refractivity contribution in [3.05, 3.63) is 59.2 Å². The van der Waals surface area contributed by atoms with Gasteiger partial charge in [0.1, 0.15) is 11.5 Å². The molecule has 0 aromatic heterocycles. The van der Waals surface area contributed by atoms with Gasteiger partial charge in [-0.15, -0.1) is 0 Å². The largest absolute Gasteiger partial charge is 0.426 e. The van der Waals surface area contributed by atoms with Crippen molar-refractivity contribution < 1.29 is 19.1 Å². The van der Waals surface area contributed by atoms with Crippen LogP contribution in [0.1, 0.15) is 54.1 Å². The fourth-order valence-electron chi connectivity index (χ4n) is 3.58. The predicted molar refractivity (Wildman–Crippen MR) is 108 cm³/mol. The Morgan fingerprint density at radius 3 is 2.50 bits per heavy atom. The minimum absolute atomic E-state index is 0.241. The molecule has 0 amide bonds. The summed E-state index contributed by atoms with van der Waals surface area (Å²) in [5.74, 6) is -0.0234. The Morgan fingerprint density at radius 2 is 1.82 bits per heavy atom. The van der Waals surface area contributed by atoms with Crippen LogP contribution in [0.3, 0.4) is 0 Å². The Balaban J connectivity index is 1.79. The number of nitrogens with zero attached hydrogens (tertiary/aromatic N) is 1. The van der Waals surface area contributed by atoms with E-state index in [2.05, 4.69) is 18.7 Å². The van der Waals surface area contributed by atoms with Crippen LogP contribution in [0, 0.1) is 6.92 Å². The van der Waals surface area contributed by atoms with E-state index in [1.807, 2.05) is 25.1 Å². The summed E-state index contributed by atoms with van der Waals surface area (Å²) in [6, 6.07) is 12.4. The van der Waals surface area contributed by atoms with Gasteiger partial charge in [0.05, 0.1) is 11.5 Å². The number of carbonyl (C=O) groups excluding carboxylic acids is 2. The molecule has 3 rings (SSSR count). The second-order valence-corrected chi connectivity index (χ2v) is 7.18. The van der Waals surface area contributed by atoms with Gasteiger partial charge in [-0.3, -0.25) is 4.79 Å². The van der Waals surface area contributed by atoms with Crippen molar-refractivity contribution in [1.29, 1.82) is 0 Å². The Kier molecular flexibility index (Phi) is 6.47. The van der Waals surface area contributed by atoms with Gasteiger partial charge in [-0.25, -0.2) is 4.79 Å². The molecule has 2 aromatic rings. The summed E-state index contributed by atoms with van der Waals surface area (Å²) in [6.07, 6.45) is 2.06. The highest BCUT2D eigenvalue weighted by atomic mass is 16.5. The van der Waals surface area contributed by atoms with E-state index in [1.165, 1.54) is 0 Å². The maximum atomic E-state index is 12.5. The lowest BCUT2D eigenvalue weighted by atomic mass is 9.99. The van der Waals surface area contributed by atoms with Crippen molar-refractivity contribution in [1.82, 2.24) is 4.90 Å². The minimum Gasteiger partial charge on any atom is -0.426 e. The van der Waals surface area contributed by atoms with E-state index in [0.717, 1.165) is 37.1 Å². The van der Waals surface area contributed by atoms with E-state index in [0.29, 0.717) is 23.6 Å². The number of aryl methyl sites for hydroxylation is 1. The predicted octanol–water partition coefficient (Wildman–Crippen LogP) is 4.34. The molecule has 28 heavy (non-hydrogen) atoms. The lowest BCUT2D eigenvalue weighted by Crippen LogP contribution is -2.32. The van der Waals surface area contributed by atoms with Crippen molar-refractivity contribution in [3.63, 3.8) is 0 Å². The summed E-state index contributed by atoms with van der Waals surface area (Å²) in [5.41, 5.74) is 2.18. The van der Waals surface area contributed by atoms with Crippen LogP contribution in [0.25, 0.3) is 0 Å². The quantitative estimate of drug-likeness (QED) is 0.503. The first-order valence-electron chi connectivity index (χ1n) is 9.89. The Hall–Kier alpha value is -2.66. The topological polar surface area (TPSA) is 55.8 Å². The van der Waals surface area contributed by atoms with Gasteiger partial charge in [0.25, 0.3) is 0 Å². The molecule has 1 aliphatic rings. The highest BCUT2D eigenvalue weighted by Crippen LogP contribution is 2.38. The third-order valence-electron chi connectivity index (χ3n) is 4.95. The standard InChI is InChI=1S/C23H27NO4/c1-4-12-24(13-5-2)15-20-19-14-17(10-11-21(19)28-23(20)26)27-22(25)18-9-7-6-8-16(18)3/h6-11,14,20H,4-5,12-13,15H2,1-3H3. The summed E-state index contributed by atoms with van der Waals surface area (Å²) < 4.78 is 11.0. The third kappa shape index (κ3) is 4.42. The summed E-state index contributed by atoms with van der Waals surface area (Å²) in [5, 5.41) is 0. The molecule has 0 spiro atoms. The lowest BCUT2D eigenvalue weighted by Gasteiger charge is -2.23. The Labute approximate surface area is 166 Å². The van der Waals surface area contributed by atoms with E-state index >= 15 is 0 Å². The molecule has 0 aliphatic carbocycles. The van der Waals surface area contributed by atoms with Gasteiger partial charge in [-0.05, 0) is 62.7 Å². The van der Waals surface area contributed by atoms with Crippen LogP contribution in [0.15, 0.2) is 42.5 Å². The lowest BCUT2D eigenvalue weighted by molar-refractivity contribution is -0.134. The number of rotatable bonds is 8. The van der Waals surface area contributed by atoms with Crippen molar-refractivity contribution in [2.24, 2.45) is 0 Å². The van der Waals surface area contributed by atoms with Gasteiger partial charge in [0, 0.05) is 12.1 Å². The molecular formula is C23H27NO4. The van der Waals surface area contributed by atoms with Gasteiger partial charge in [-0.2, -0.15) is 0 Å². The molecule has 5 heteroatoms. The van der Waals surface area contributed by atoms with Gasteiger partial charge < -0.3 is 14.4 Å². The summed E-state index contributed by atoms with van der Waals surface area (Å²) in [4.78, 5) is 27.2. The molecule has 1 atom stereocenters. The number of benzene rings is 2. The Bertz CT molecular complexity index is 855. The molecule has 148 valence electrons. The molecule has 0 saturated heterocycles. The molecule has 0 radical (unpaired) electrons. The Morgan fingerprint density at radius 1 is 1.11 bits per heavy atom. The fraction of sp³-hybridized carbons (Fsp3) is 0.391. The third-order valence-corrected chi connectivity index (χ3v) is 4.95. The van der Waals surface area contributed by atoms with E-state index < -0.39 is 5.97 Å². The second kappa shape index (κ2) is 9.02. The van der Waals surface area contributed by atoms with Gasteiger partial charge >= 0.3 is 11.9 Å². The molecule has 1 heterocycles. The molecule has 0 saturated carbocycles. The van der Waals surface area contributed by atoms with Crippen molar-refractivity contribution in [2.45, 2.75) is 39.5 Å². The zero-order valence-corrected chi connectivity index (χ0v) is 16.7. The van der Waals surface area contributed by atoms with Gasteiger partial charge in [-0.1, -0.05) is 32.0 Å². The van der Waals surface area contributed by atoms with Crippen LogP contribution in [-0.4, -0.2) is 36.5 Å². The second-order valence-electron chi connectivity index (χ2n) is 7.18. The monoisotopic (exact) mass is 381 g/mol. The first kappa shape index (κ1) is 20.1. The minimum atomic E-state index is -0.404. The molecule has 0 bridgehead atoms. The molecule has 1 unspecified atom stereocenters. The van der Waals surface area contributed by atoms with Crippen LogP contribution >= 0.6 is 0 Å². The van der Waals surface area contributed by atoms with Crippen LogP contribution in [-0.2, 0) is 4.79 Å². The van der Waals surface area contributed by atoms with Crippen LogP contribution < -0.4 is 9.47 Å².